The molecule has 3 unspecified atom stereocenters. The summed E-state index contributed by atoms with van der Waals surface area (Å²) >= 11 is 0. The lowest BCUT2D eigenvalue weighted by Gasteiger charge is -2.43. The lowest BCUT2D eigenvalue weighted by atomic mass is 10.1. The minimum absolute atomic E-state index is 0.111. The van der Waals surface area contributed by atoms with Crippen LogP contribution in [0.25, 0.3) is 0 Å². The Morgan fingerprint density at radius 1 is 1.10 bits per heavy atom. The fourth-order valence-electron chi connectivity index (χ4n) is 3.76. The second kappa shape index (κ2) is 12.1. The van der Waals surface area contributed by atoms with E-state index in [1.54, 1.807) is 13.6 Å². The van der Waals surface area contributed by atoms with Crippen molar-refractivity contribution < 1.29 is 18.6 Å². The van der Waals surface area contributed by atoms with E-state index < -0.39 is 18.7 Å². The zero-order chi connectivity index (χ0) is 22.1. The highest BCUT2D eigenvalue weighted by atomic mass is 31.2. The molecule has 0 aliphatic carbocycles. The number of rotatable bonds is 15. The number of methoxy groups -OCH3 is 2. The maximum Gasteiger partial charge on any atom is 0.260 e. The topological polar surface area (TPSA) is 75.3 Å². The Morgan fingerprint density at radius 2 is 1.69 bits per heavy atom. The first-order chi connectivity index (χ1) is 13.7. The molecule has 1 heterocycles. The van der Waals surface area contributed by atoms with Crippen LogP contribution in [0.5, 0.6) is 0 Å². The number of hydrazine groups is 2. The van der Waals surface area contributed by atoms with Gasteiger partial charge in [-0.1, -0.05) is 46.5 Å². The maximum atomic E-state index is 13.7. The Bertz CT molecular complexity index is 521. The molecule has 2 N–H and O–H groups in total. The minimum atomic E-state index is -3.34. The highest BCUT2D eigenvalue weighted by molar-refractivity contribution is 7.59. The average Bonchev–Trinajstić information content (AvgIpc) is 2.99. The largest absolute Gasteiger partial charge is 0.346 e. The van der Waals surface area contributed by atoms with Gasteiger partial charge in [0.25, 0.3) is 7.37 Å². The van der Waals surface area contributed by atoms with Crippen LogP contribution in [0.15, 0.2) is 0 Å². The second-order valence-corrected chi connectivity index (χ2v) is 10.7. The summed E-state index contributed by atoms with van der Waals surface area (Å²) in [6.07, 6.45) is 8.16. The van der Waals surface area contributed by atoms with Crippen LogP contribution in [0.1, 0.15) is 79.1 Å². The summed E-state index contributed by atoms with van der Waals surface area (Å²) in [4.78, 5) is 0. The third kappa shape index (κ3) is 6.23. The van der Waals surface area contributed by atoms with Gasteiger partial charge in [0.2, 0.25) is 11.4 Å². The normalized spacial score (nSPS) is 26.1. The van der Waals surface area contributed by atoms with Crippen LogP contribution in [0.3, 0.4) is 0 Å². The van der Waals surface area contributed by atoms with E-state index >= 15 is 0 Å². The van der Waals surface area contributed by atoms with Gasteiger partial charge in [-0.3, -0.25) is 14.5 Å². The van der Waals surface area contributed by atoms with Crippen molar-refractivity contribution in [3.05, 3.63) is 0 Å². The molecule has 3 atom stereocenters. The zero-order valence-electron chi connectivity index (χ0n) is 19.9. The van der Waals surface area contributed by atoms with E-state index in [1.807, 2.05) is 7.05 Å². The Hall–Kier alpha value is -0.0500. The summed E-state index contributed by atoms with van der Waals surface area (Å²) < 4.78 is 31.2. The van der Waals surface area contributed by atoms with E-state index in [4.69, 9.17) is 14.0 Å². The number of unbranched alkanes of at least 4 members (excludes halogenated alkanes) is 3. The summed E-state index contributed by atoms with van der Waals surface area (Å²) in [5.74, 6) is -0.931. The van der Waals surface area contributed by atoms with E-state index in [2.05, 4.69) is 41.6 Å². The van der Waals surface area contributed by atoms with Crippen LogP contribution in [0, 0.1) is 0 Å². The van der Waals surface area contributed by atoms with E-state index in [0.717, 1.165) is 51.5 Å². The lowest BCUT2D eigenvalue weighted by molar-refractivity contribution is -0.163. The van der Waals surface area contributed by atoms with Gasteiger partial charge < -0.3 is 9.47 Å². The Kier molecular flexibility index (Phi) is 11.3. The first-order valence-corrected chi connectivity index (χ1v) is 13.2. The molecule has 1 aliphatic rings. The smallest absolute Gasteiger partial charge is 0.260 e. The zero-order valence-corrected chi connectivity index (χ0v) is 20.8. The van der Waals surface area contributed by atoms with Crippen molar-refractivity contribution in [1.82, 2.24) is 20.9 Å². The third-order valence-electron chi connectivity index (χ3n) is 5.86. The SMILES string of the molecule is CCCCC1N(CCCC)NC(CCCC)(OP(C)(=O)C(C)(OC)OC)N1NC. The van der Waals surface area contributed by atoms with Crippen molar-refractivity contribution in [2.75, 3.05) is 34.5 Å². The summed E-state index contributed by atoms with van der Waals surface area (Å²) in [5.41, 5.74) is 5.63. The molecule has 0 aromatic rings. The fraction of sp³-hybridized carbons (Fsp3) is 1.00. The molecule has 1 rings (SSSR count). The van der Waals surface area contributed by atoms with E-state index in [-0.39, 0.29) is 6.17 Å². The van der Waals surface area contributed by atoms with Gasteiger partial charge in [-0.05, 0) is 33.2 Å². The summed E-state index contributed by atoms with van der Waals surface area (Å²) in [6, 6.07) is 0. The van der Waals surface area contributed by atoms with Gasteiger partial charge >= 0.3 is 0 Å². The first-order valence-electron chi connectivity index (χ1n) is 11.1. The van der Waals surface area contributed by atoms with Gasteiger partial charge in [0.1, 0.15) is 0 Å². The van der Waals surface area contributed by atoms with E-state index in [9.17, 15) is 4.57 Å². The second-order valence-electron chi connectivity index (χ2n) is 8.01. The number of nitrogens with zero attached hydrogens (tertiary/aromatic N) is 2. The van der Waals surface area contributed by atoms with Gasteiger partial charge in [-0.15, -0.1) is 0 Å². The Morgan fingerprint density at radius 3 is 2.17 bits per heavy atom. The Balaban J connectivity index is 3.33. The monoisotopic (exact) mass is 436 g/mol. The van der Waals surface area contributed by atoms with Crippen LogP contribution >= 0.6 is 7.37 Å². The van der Waals surface area contributed by atoms with Crippen molar-refractivity contribution in [3.63, 3.8) is 0 Å². The molecule has 174 valence electrons. The third-order valence-corrected chi connectivity index (χ3v) is 8.36. The van der Waals surface area contributed by atoms with Gasteiger partial charge in [0.05, 0.1) is 6.17 Å². The molecule has 1 aliphatic heterocycles. The van der Waals surface area contributed by atoms with E-state index in [0.29, 0.717) is 6.42 Å². The van der Waals surface area contributed by atoms with Gasteiger partial charge in [-0.25, -0.2) is 10.4 Å². The maximum absolute atomic E-state index is 13.7. The average molecular weight is 437 g/mol. The van der Waals surface area contributed by atoms with E-state index in [1.165, 1.54) is 14.2 Å². The van der Waals surface area contributed by atoms with Crippen LogP contribution in [0.4, 0.5) is 0 Å². The Labute approximate surface area is 178 Å². The molecule has 29 heavy (non-hydrogen) atoms. The predicted molar refractivity (Wildman–Crippen MR) is 118 cm³/mol. The minimum Gasteiger partial charge on any atom is -0.346 e. The van der Waals surface area contributed by atoms with Crippen molar-refractivity contribution in [3.8, 4) is 0 Å². The number of nitrogens with one attached hydrogen (secondary N) is 2. The molecule has 0 aromatic heterocycles. The summed E-state index contributed by atoms with van der Waals surface area (Å²) in [7, 11) is 1.56. The van der Waals surface area contributed by atoms with Crippen LogP contribution in [-0.4, -0.2) is 62.0 Å². The molecule has 0 spiro atoms. The van der Waals surface area contributed by atoms with Crippen molar-refractivity contribution >= 4 is 7.37 Å². The molecule has 9 heteroatoms. The molecular weight excluding hydrogens is 391 g/mol. The number of hydrogen-bond donors (Lipinski definition) is 2. The quantitative estimate of drug-likeness (QED) is 0.291. The van der Waals surface area contributed by atoms with Crippen LogP contribution in [-0.2, 0) is 18.6 Å². The number of hydrogen-bond acceptors (Lipinski definition) is 8. The molecule has 1 fully saturated rings. The first kappa shape index (κ1) is 27.0. The summed E-state index contributed by atoms with van der Waals surface area (Å²) in [5, 5.41) is 4.36. The molecule has 1 saturated heterocycles. The molecule has 0 saturated carbocycles. The molecule has 0 amide bonds. The van der Waals surface area contributed by atoms with Crippen LogP contribution < -0.4 is 10.9 Å². The molecular formula is C20H45N4O4P. The van der Waals surface area contributed by atoms with Gasteiger partial charge in [0.15, 0.2) is 0 Å². The molecule has 0 radical (unpaired) electrons. The van der Waals surface area contributed by atoms with Crippen molar-refractivity contribution in [2.24, 2.45) is 0 Å². The predicted octanol–water partition coefficient (Wildman–Crippen LogP) is 4.29. The lowest BCUT2D eigenvalue weighted by Crippen LogP contribution is -2.59. The number of ether oxygens (including phenoxy) is 2. The van der Waals surface area contributed by atoms with Crippen molar-refractivity contribution in [2.45, 2.75) is 96.6 Å². The standard InChI is InChI=1S/C20H45N4O4P/c1-9-12-15-18-23(17-14-11-3)22-20(16-13-10-2,24(18)21-5)28-29(8,25)19(4,26-6)27-7/h18,21-22H,9-17H2,1-8H3. The molecule has 8 nitrogen and oxygen atoms in total. The highest BCUT2D eigenvalue weighted by Gasteiger charge is 2.56. The highest BCUT2D eigenvalue weighted by Crippen LogP contribution is 2.60. The molecule has 0 aromatic carbocycles. The van der Waals surface area contributed by atoms with Gasteiger partial charge in [-0.2, -0.15) is 5.01 Å². The molecule has 0 bridgehead atoms. The fourth-order valence-corrected chi connectivity index (χ4v) is 5.38. The summed E-state index contributed by atoms with van der Waals surface area (Å²) in [6.45, 7) is 10.7. The van der Waals surface area contributed by atoms with Crippen molar-refractivity contribution in [1.29, 1.82) is 0 Å². The van der Waals surface area contributed by atoms with Crippen LogP contribution in [0.2, 0.25) is 0 Å². The van der Waals surface area contributed by atoms with Gasteiger partial charge in [0, 0.05) is 33.8 Å².